The van der Waals surface area contributed by atoms with Gasteiger partial charge in [0.2, 0.25) is 0 Å². The second-order valence-electron chi connectivity index (χ2n) is 4.37. The van der Waals surface area contributed by atoms with Gasteiger partial charge in [-0.3, -0.25) is 4.79 Å². The fraction of sp³-hybridized carbons (Fsp3) is 0.500. The molecule has 3 nitrogen and oxygen atoms in total. The molecule has 0 radical (unpaired) electrons. The Morgan fingerprint density at radius 2 is 2.24 bits per heavy atom. The number of hydrogen-bond acceptors (Lipinski definition) is 2. The number of nitrogens with zero attached hydrogens (tertiary/aromatic N) is 1. The first-order valence-electron chi connectivity index (χ1n) is 6.22. The maximum Gasteiger partial charge on any atom is 0.256 e. The third-order valence-corrected chi connectivity index (χ3v) is 3.19. The van der Waals surface area contributed by atoms with Crippen LogP contribution >= 0.6 is 0 Å². The van der Waals surface area contributed by atoms with Gasteiger partial charge in [-0.2, -0.15) is 0 Å². The minimum atomic E-state index is -0.241. The zero-order valence-electron chi connectivity index (χ0n) is 10.5. The Kier molecular flexibility index (Phi) is 3.79. The fourth-order valence-corrected chi connectivity index (χ4v) is 2.26. The third kappa shape index (κ3) is 2.50. The van der Waals surface area contributed by atoms with Gasteiger partial charge in [-0.15, -0.1) is 0 Å². The first kappa shape index (κ1) is 12.1. The van der Waals surface area contributed by atoms with E-state index in [4.69, 9.17) is 4.74 Å². The van der Waals surface area contributed by atoms with Crippen LogP contribution in [-0.4, -0.2) is 25.2 Å². The Bertz CT molecular complexity index is 397. The predicted molar refractivity (Wildman–Crippen MR) is 68.2 cm³/mol. The molecule has 1 aliphatic heterocycles. The predicted octanol–water partition coefficient (Wildman–Crippen LogP) is 2.53. The number of carbonyl (C=O) groups is 1. The number of likely N-dealkylation sites (N-methyl/N-ethyl adjacent to an activating group) is 1. The SMILES string of the molecule is CCN(C(=O)C1CCCO1)c1ccccc1C. The zero-order chi connectivity index (χ0) is 12.3. The summed E-state index contributed by atoms with van der Waals surface area (Å²) < 4.78 is 5.47. The molecule has 0 saturated carbocycles. The highest BCUT2D eigenvalue weighted by Gasteiger charge is 2.28. The molecule has 1 saturated heterocycles. The normalized spacial score (nSPS) is 19.3. The van der Waals surface area contributed by atoms with Gasteiger partial charge in [0, 0.05) is 18.8 Å². The van der Waals surface area contributed by atoms with Crippen LogP contribution in [0.4, 0.5) is 5.69 Å². The van der Waals surface area contributed by atoms with Crippen molar-refractivity contribution in [3.63, 3.8) is 0 Å². The Morgan fingerprint density at radius 1 is 1.47 bits per heavy atom. The number of hydrogen-bond donors (Lipinski definition) is 0. The van der Waals surface area contributed by atoms with E-state index >= 15 is 0 Å². The number of benzene rings is 1. The molecular weight excluding hydrogens is 214 g/mol. The molecule has 3 heteroatoms. The summed E-state index contributed by atoms with van der Waals surface area (Å²) in [4.78, 5) is 14.2. The van der Waals surface area contributed by atoms with Crippen molar-refractivity contribution in [3.8, 4) is 0 Å². The summed E-state index contributed by atoms with van der Waals surface area (Å²) in [7, 11) is 0. The number of ether oxygens (including phenoxy) is 1. The van der Waals surface area contributed by atoms with Gasteiger partial charge >= 0.3 is 0 Å². The van der Waals surface area contributed by atoms with E-state index in [1.165, 1.54) is 0 Å². The van der Waals surface area contributed by atoms with Crippen molar-refractivity contribution in [2.45, 2.75) is 32.8 Å². The molecule has 1 atom stereocenters. The van der Waals surface area contributed by atoms with Gasteiger partial charge in [0.25, 0.3) is 5.91 Å². The zero-order valence-corrected chi connectivity index (χ0v) is 10.5. The minimum absolute atomic E-state index is 0.0966. The highest BCUT2D eigenvalue weighted by atomic mass is 16.5. The Hall–Kier alpha value is -1.35. The van der Waals surface area contributed by atoms with Crippen LogP contribution in [0.5, 0.6) is 0 Å². The number of amides is 1. The fourth-order valence-electron chi connectivity index (χ4n) is 2.26. The molecule has 2 rings (SSSR count). The van der Waals surface area contributed by atoms with Gasteiger partial charge in [-0.1, -0.05) is 18.2 Å². The maximum absolute atomic E-state index is 12.3. The van der Waals surface area contributed by atoms with Crippen molar-refractivity contribution in [1.29, 1.82) is 0 Å². The lowest BCUT2D eigenvalue weighted by atomic mass is 10.1. The van der Waals surface area contributed by atoms with Crippen molar-refractivity contribution in [2.75, 3.05) is 18.1 Å². The second kappa shape index (κ2) is 5.32. The van der Waals surface area contributed by atoms with Crippen molar-refractivity contribution in [3.05, 3.63) is 29.8 Å². The molecule has 1 heterocycles. The van der Waals surface area contributed by atoms with Crippen LogP contribution in [-0.2, 0) is 9.53 Å². The molecule has 92 valence electrons. The van der Waals surface area contributed by atoms with E-state index in [1.54, 1.807) is 0 Å². The van der Waals surface area contributed by atoms with Crippen LogP contribution in [0.2, 0.25) is 0 Å². The van der Waals surface area contributed by atoms with Crippen LogP contribution in [0.25, 0.3) is 0 Å². The first-order valence-corrected chi connectivity index (χ1v) is 6.22. The first-order chi connectivity index (χ1) is 8.24. The highest BCUT2D eigenvalue weighted by Crippen LogP contribution is 2.23. The smallest absolute Gasteiger partial charge is 0.256 e. The molecular formula is C14H19NO2. The Morgan fingerprint density at radius 3 is 2.82 bits per heavy atom. The standard InChI is InChI=1S/C14H19NO2/c1-3-15(12-8-5-4-7-11(12)2)14(16)13-9-6-10-17-13/h4-5,7-8,13H,3,6,9-10H2,1-2H3. The largest absolute Gasteiger partial charge is 0.368 e. The summed E-state index contributed by atoms with van der Waals surface area (Å²) in [5.74, 6) is 0.0966. The Balaban J connectivity index is 2.21. The van der Waals surface area contributed by atoms with E-state index < -0.39 is 0 Å². The molecule has 1 aromatic rings. The molecule has 0 aliphatic carbocycles. The molecule has 1 amide bonds. The summed E-state index contributed by atoms with van der Waals surface area (Å²) in [5.41, 5.74) is 2.12. The van der Waals surface area contributed by atoms with Crippen molar-refractivity contribution in [1.82, 2.24) is 0 Å². The quantitative estimate of drug-likeness (QED) is 0.803. The van der Waals surface area contributed by atoms with Crippen LogP contribution < -0.4 is 4.90 Å². The highest BCUT2D eigenvalue weighted by molar-refractivity contribution is 5.97. The average Bonchev–Trinajstić information content (AvgIpc) is 2.86. The maximum atomic E-state index is 12.3. The molecule has 1 fully saturated rings. The molecule has 1 unspecified atom stereocenters. The van der Waals surface area contributed by atoms with E-state index in [2.05, 4.69) is 0 Å². The topological polar surface area (TPSA) is 29.5 Å². The lowest BCUT2D eigenvalue weighted by molar-refractivity contribution is -0.127. The van der Waals surface area contributed by atoms with E-state index in [-0.39, 0.29) is 12.0 Å². The summed E-state index contributed by atoms with van der Waals surface area (Å²) >= 11 is 0. The summed E-state index contributed by atoms with van der Waals surface area (Å²) in [6, 6.07) is 7.98. The molecule has 0 aromatic heterocycles. The second-order valence-corrected chi connectivity index (χ2v) is 4.37. The monoisotopic (exact) mass is 233 g/mol. The van der Waals surface area contributed by atoms with Crippen LogP contribution in [0, 0.1) is 6.92 Å². The summed E-state index contributed by atoms with van der Waals surface area (Å²) in [6.07, 6.45) is 1.60. The average molecular weight is 233 g/mol. The number of aryl methyl sites for hydroxylation is 1. The van der Waals surface area contributed by atoms with E-state index in [0.717, 1.165) is 24.1 Å². The van der Waals surface area contributed by atoms with Gasteiger partial charge in [0.1, 0.15) is 6.10 Å². The lowest BCUT2D eigenvalue weighted by Gasteiger charge is -2.25. The van der Waals surface area contributed by atoms with Crippen LogP contribution in [0.1, 0.15) is 25.3 Å². The van der Waals surface area contributed by atoms with E-state index in [0.29, 0.717) is 13.2 Å². The molecule has 1 aliphatic rings. The van der Waals surface area contributed by atoms with Gasteiger partial charge in [-0.05, 0) is 38.3 Å². The number of carbonyl (C=O) groups excluding carboxylic acids is 1. The number of anilines is 1. The Labute approximate surface area is 102 Å². The number of para-hydroxylation sites is 1. The summed E-state index contributed by atoms with van der Waals surface area (Å²) in [5, 5.41) is 0. The van der Waals surface area contributed by atoms with Gasteiger partial charge in [-0.25, -0.2) is 0 Å². The molecule has 17 heavy (non-hydrogen) atoms. The van der Waals surface area contributed by atoms with Crippen molar-refractivity contribution < 1.29 is 9.53 Å². The molecule has 1 aromatic carbocycles. The molecule has 0 N–H and O–H groups in total. The van der Waals surface area contributed by atoms with Crippen molar-refractivity contribution >= 4 is 11.6 Å². The number of rotatable bonds is 3. The minimum Gasteiger partial charge on any atom is -0.368 e. The van der Waals surface area contributed by atoms with Gasteiger partial charge in [0.05, 0.1) is 0 Å². The molecule has 0 spiro atoms. The van der Waals surface area contributed by atoms with Crippen LogP contribution in [0.15, 0.2) is 24.3 Å². The summed E-state index contributed by atoms with van der Waals surface area (Å²) in [6.45, 7) is 5.42. The van der Waals surface area contributed by atoms with Gasteiger partial charge < -0.3 is 9.64 Å². The van der Waals surface area contributed by atoms with Gasteiger partial charge in [0.15, 0.2) is 0 Å². The third-order valence-electron chi connectivity index (χ3n) is 3.19. The van der Waals surface area contributed by atoms with E-state index in [1.807, 2.05) is 43.0 Å². The van der Waals surface area contributed by atoms with E-state index in [9.17, 15) is 4.79 Å². The molecule has 0 bridgehead atoms. The van der Waals surface area contributed by atoms with Crippen molar-refractivity contribution in [2.24, 2.45) is 0 Å². The lowest BCUT2D eigenvalue weighted by Crippen LogP contribution is -2.39. The van der Waals surface area contributed by atoms with Crippen LogP contribution in [0.3, 0.4) is 0 Å².